The van der Waals surface area contributed by atoms with Gasteiger partial charge in [-0.2, -0.15) is 17.6 Å². The number of aromatic nitrogens is 2. The van der Waals surface area contributed by atoms with Crippen molar-refractivity contribution in [3.05, 3.63) is 34.6 Å². The zero-order chi connectivity index (χ0) is 38.8. The van der Waals surface area contributed by atoms with Gasteiger partial charge in [0.05, 0.1) is 47.6 Å². The molecule has 2 aromatic heterocycles. The lowest BCUT2D eigenvalue weighted by Gasteiger charge is -2.28. The van der Waals surface area contributed by atoms with E-state index in [9.17, 15) is 17.6 Å². The van der Waals surface area contributed by atoms with Gasteiger partial charge in [-0.05, 0) is 105 Å². The molecule has 2 saturated carbocycles. The molecule has 0 atom stereocenters. The van der Waals surface area contributed by atoms with Crippen LogP contribution in [0.15, 0.2) is 22.1 Å². The fourth-order valence-corrected chi connectivity index (χ4v) is 5.50. The second kappa shape index (κ2) is 23.2. The number of aliphatic imine (C=N–C) groups is 2. The molecule has 0 aromatic carbocycles. The Morgan fingerprint density at radius 1 is 0.635 bits per heavy atom. The van der Waals surface area contributed by atoms with Crippen LogP contribution in [-0.4, -0.2) is 97.3 Å². The number of rotatable bonds is 14. The molecule has 0 radical (unpaired) electrons. The molecule has 0 unspecified atom stereocenters. The molecule has 2 heterocycles. The van der Waals surface area contributed by atoms with Gasteiger partial charge in [-0.25, -0.2) is 20.0 Å². The van der Waals surface area contributed by atoms with E-state index in [1.165, 1.54) is 0 Å². The highest BCUT2D eigenvalue weighted by molar-refractivity contribution is 5.63. The molecule has 4 rings (SSSR count). The normalized spacial score (nSPS) is 20.4. The van der Waals surface area contributed by atoms with Crippen LogP contribution in [0.25, 0.3) is 0 Å². The summed E-state index contributed by atoms with van der Waals surface area (Å²) in [6.07, 6.45) is 7.91. The molecular weight excluding hydrogens is 680 g/mol. The summed E-state index contributed by atoms with van der Waals surface area (Å²) >= 11 is 0. The van der Waals surface area contributed by atoms with Crippen molar-refractivity contribution >= 4 is 24.1 Å². The van der Waals surface area contributed by atoms with Gasteiger partial charge in [0.25, 0.3) is 0 Å². The molecule has 0 N–H and O–H groups in total. The zero-order valence-electron chi connectivity index (χ0n) is 32.7. The largest absolute Gasteiger partial charge is 0.474 e. The fraction of sp³-hybridized carbons (Fsp3) is 0.684. The van der Waals surface area contributed by atoms with Gasteiger partial charge in [-0.1, -0.05) is 13.8 Å². The fourth-order valence-electron chi connectivity index (χ4n) is 5.50. The molecule has 0 amide bonds. The Hall–Kier alpha value is -3.52. The second-order valence-corrected chi connectivity index (χ2v) is 12.9. The molecule has 0 saturated heterocycles. The Labute approximate surface area is 308 Å². The van der Waals surface area contributed by atoms with Crippen molar-refractivity contribution < 1.29 is 36.5 Å². The van der Waals surface area contributed by atoms with E-state index in [2.05, 4.69) is 43.3 Å². The van der Waals surface area contributed by atoms with E-state index in [-0.39, 0.29) is 24.4 Å². The van der Waals surface area contributed by atoms with Crippen molar-refractivity contribution in [1.82, 2.24) is 19.8 Å². The van der Waals surface area contributed by atoms with Gasteiger partial charge in [0, 0.05) is 38.3 Å². The minimum Gasteiger partial charge on any atom is -0.474 e. The summed E-state index contributed by atoms with van der Waals surface area (Å²) in [6.45, 7) is 12.2. The molecule has 14 heteroatoms. The maximum atomic E-state index is 12.3. The molecule has 0 bridgehead atoms. The van der Waals surface area contributed by atoms with Gasteiger partial charge >= 0.3 is 13.2 Å². The van der Waals surface area contributed by atoms with Crippen LogP contribution in [0.4, 0.5) is 28.9 Å². The highest BCUT2D eigenvalue weighted by Gasteiger charge is 2.27. The first-order chi connectivity index (χ1) is 24.8. The quantitative estimate of drug-likeness (QED) is 0.107. The van der Waals surface area contributed by atoms with Crippen LogP contribution < -0.4 is 9.47 Å². The number of hydrogen-bond donors (Lipinski definition) is 0. The van der Waals surface area contributed by atoms with Crippen LogP contribution in [0.2, 0.25) is 0 Å². The summed E-state index contributed by atoms with van der Waals surface area (Å²) in [5.74, 6) is 1.19. The molecule has 0 aliphatic heterocycles. The lowest BCUT2D eigenvalue weighted by Crippen LogP contribution is -2.29. The first kappa shape index (κ1) is 44.6. The van der Waals surface area contributed by atoms with Crippen LogP contribution in [0.5, 0.6) is 11.8 Å². The molecule has 52 heavy (non-hydrogen) atoms. The van der Waals surface area contributed by atoms with E-state index >= 15 is 0 Å². The first-order valence-corrected chi connectivity index (χ1v) is 18.4. The summed E-state index contributed by atoms with van der Waals surface area (Å²) in [5.41, 5.74) is 5.08. The molecule has 2 aromatic rings. The number of halogens is 4. The van der Waals surface area contributed by atoms with Crippen molar-refractivity contribution in [1.29, 1.82) is 0 Å². The third kappa shape index (κ3) is 15.6. The number of aryl methyl sites for hydroxylation is 4. The number of hydrogen-bond acceptors (Lipinski definition) is 8. The molecule has 10 nitrogen and oxygen atoms in total. The number of nitrogens with zero attached hydrogens (tertiary/aromatic N) is 6. The van der Waals surface area contributed by atoms with E-state index < -0.39 is 13.2 Å². The van der Waals surface area contributed by atoms with Gasteiger partial charge in [0.1, 0.15) is 12.2 Å². The smallest absolute Gasteiger partial charge is 0.345 e. The van der Waals surface area contributed by atoms with Crippen LogP contribution >= 0.6 is 0 Å². The van der Waals surface area contributed by atoms with Crippen molar-refractivity contribution in [3.8, 4) is 11.8 Å². The summed E-state index contributed by atoms with van der Waals surface area (Å²) in [7, 11) is 3.93. The highest BCUT2D eigenvalue weighted by atomic mass is 19.3. The van der Waals surface area contributed by atoms with Gasteiger partial charge in [-0.3, -0.25) is 0 Å². The molecule has 0 spiro atoms. The van der Waals surface area contributed by atoms with Crippen LogP contribution in [-0.2, 0) is 9.47 Å². The standard InChI is InChI=1S/2C18H27F2N3O2.C2H6/c2*1-5-23(4)11-21-16-10-12(2)17(22-13(16)3)24-14-6-8-15(9-7-14)25-18(19)20;1-2/h2*10-11,14-15,18H,5-9H2,1-4H3;1-2H3. The molecule has 294 valence electrons. The van der Waals surface area contributed by atoms with E-state index in [0.29, 0.717) is 63.1 Å². The van der Waals surface area contributed by atoms with Crippen molar-refractivity contribution in [2.45, 2.75) is 144 Å². The Bertz CT molecular complexity index is 1280. The summed E-state index contributed by atoms with van der Waals surface area (Å²) in [5, 5.41) is 0. The van der Waals surface area contributed by atoms with E-state index in [1.54, 1.807) is 12.7 Å². The predicted molar refractivity (Wildman–Crippen MR) is 199 cm³/mol. The Balaban J connectivity index is 0.000000344. The maximum Gasteiger partial charge on any atom is 0.345 e. The van der Waals surface area contributed by atoms with Crippen molar-refractivity contribution in [2.75, 3.05) is 27.2 Å². The van der Waals surface area contributed by atoms with Gasteiger partial charge in [0.15, 0.2) is 0 Å². The minimum absolute atomic E-state index is 0.0105. The molecular formula is C38H60F4N6O4. The maximum absolute atomic E-state index is 12.3. The monoisotopic (exact) mass is 740 g/mol. The molecule has 2 aliphatic carbocycles. The van der Waals surface area contributed by atoms with E-state index in [1.807, 2.05) is 77.6 Å². The van der Waals surface area contributed by atoms with Crippen LogP contribution in [0.3, 0.4) is 0 Å². The molecule has 2 aliphatic rings. The summed E-state index contributed by atoms with van der Waals surface area (Å²) < 4.78 is 70.2. The van der Waals surface area contributed by atoms with Gasteiger partial charge < -0.3 is 28.7 Å². The van der Waals surface area contributed by atoms with Crippen molar-refractivity contribution in [2.24, 2.45) is 9.98 Å². The summed E-state index contributed by atoms with van der Waals surface area (Å²) in [6, 6.07) is 3.92. The van der Waals surface area contributed by atoms with E-state index in [0.717, 1.165) is 47.0 Å². The average molecular weight is 741 g/mol. The SMILES string of the molecule is CC.CCN(C)C=Nc1cc(C)c(OC2CCC(OC(F)F)CC2)nc1C.CCN(C)C=Nc1cc(C)c(OC2CCC(OC(F)F)CC2)nc1C. The van der Waals surface area contributed by atoms with Crippen LogP contribution in [0, 0.1) is 27.7 Å². The highest BCUT2D eigenvalue weighted by Crippen LogP contribution is 2.31. The average Bonchev–Trinajstić information content (AvgIpc) is 3.12. The number of ether oxygens (including phenoxy) is 4. The first-order valence-electron chi connectivity index (χ1n) is 18.4. The zero-order valence-corrected chi connectivity index (χ0v) is 32.7. The predicted octanol–water partition coefficient (Wildman–Crippen LogP) is 9.50. The van der Waals surface area contributed by atoms with Gasteiger partial charge in [0.2, 0.25) is 11.8 Å². The lowest BCUT2D eigenvalue weighted by atomic mass is 9.95. The Morgan fingerprint density at radius 2 is 0.942 bits per heavy atom. The third-order valence-electron chi connectivity index (χ3n) is 8.84. The van der Waals surface area contributed by atoms with Crippen LogP contribution in [0.1, 0.15) is 102 Å². The minimum atomic E-state index is -2.70. The van der Waals surface area contributed by atoms with Crippen molar-refractivity contribution in [3.63, 3.8) is 0 Å². The number of alkyl halides is 4. The third-order valence-corrected chi connectivity index (χ3v) is 8.84. The Kier molecular flexibility index (Phi) is 19.9. The van der Waals surface area contributed by atoms with Gasteiger partial charge in [-0.15, -0.1) is 0 Å². The van der Waals surface area contributed by atoms with E-state index in [4.69, 9.17) is 9.47 Å². The Morgan fingerprint density at radius 3 is 1.23 bits per heavy atom. The lowest BCUT2D eigenvalue weighted by molar-refractivity contribution is -0.173. The topological polar surface area (TPSA) is 93.9 Å². The second-order valence-electron chi connectivity index (χ2n) is 12.9. The number of pyridine rings is 2. The summed E-state index contributed by atoms with van der Waals surface area (Å²) in [4.78, 5) is 22.0. The molecule has 2 fully saturated rings.